The normalized spacial score (nSPS) is 14.5. The van der Waals surface area contributed by atoms with Crippen molar-refractivity contribution in [3.63, 3.8) is 0 Å². The molecule has 0 saturated heterocycles. The summed E-state index contributed by atoms with van der Waals surface area (Å²) in [5, 5.41) is 31.6. The predicted octanol–water partition coefficient (Wildman–Crippen LogP) is 13.7. The lowest BCUT2D eigenvalue weighted by atomic mass is 10.1. The molecule has 0 aromatic heterocycles. The first kappa shape index (κ1) is 62.0. The molecule has 3 atom stereocenters. The molecule has 0 aliphatic rings. The van der Waals surface area contributed by atoms with Gasteiger partial charge in [-0.05, 0) is 116 Å². The highest BCUT2D eigenvalue weighted by Gasteiger charge is 2.26. The molecule has 66 heavy (non-hydrogen) atoms. The highest BCUT2D eigenvalue weighted by molar-refractivity contribution is 5.76. The van der Waals surface area contributed by atoms with Crippen LogP contribution in [-0.4, -0.2) is 70.9 Å². The molecule has 0 saturated carbocycles. The lowest BCUT2D eigenvalue weighted by Crippen LogP contribution is -2.37. The number of hydrogen-bond acceptors (Lipinski definition) is 9. The van der Waals surface area contributed by atoms with E-state index >= 15 is 0 Å². The smallest absolute Gasteiger partial charge is 0.335 e. The Hall–Kier alpha value is -4.05. The van der Waals surface area contributed by atoms with Gasteiger partial charge in [0.15, 0.2) is 24.4 Å². The van der Waals surface area contributed by atoms with E-state index in [2.05, 4.69) is 130 Å². The van der Waals surface area contributed by atoms with Crippen molar-refractivity contribution in [1.29, 1.82) is 0 Å². The third-order valence-electron chi connectivity index (χ3n) is 10.6. The number of unbranched alkanes of at least 4 members (excludes halogenated alkanes) is 12. The van der Waals surface area contributed by atoms with Crippen molar-refractivity contribution in [1.82, 2.24) is 0 Å². The first-order chi connectivity index (χ1) is 32.3. The number of esters is 3. The van der Waals surface area contributed by atoms with Gasteiger partial charge in [-0.3, -0.25) is 0 Å². The second-order valence-electron chi connectivity index (χ2n) is 16.7. The summed E-state index contributed by atoms with van der Waals surface area (Å²) in [4.78, 5) is 38.3. The van der Waals surface area contributed by atoms with Gasteiger partial charge < -0.3 is 29.5 Å². The number of ether oxygens (including phenoxy) is 3. The summed E-state index contributed by atoms with van der Waals surface area (Å²) >= 11 is 0. The zero-order chi connectivity index (χ0) is 48.4. The minimum atomic E-state index is -1.40. The Bertz CT molecular complexity index is 1360. The van der Waals surface area contributed by atoms with Crippen LogP contribution in [0.15, 0.2) is 109 Å². The largest absolute Gasteiger partial charge is 0.460 e. The van der Waals surface area contributed by atoms with E-state index in [0.717, 1.165) is 135 Å². The van der Waals surface area contributed by atoms with Crippen molar-refractivity contribution in [2.45, 2.75) is 219 Å². The fourth-order valence-corrected chi connectivity index (χ4v) is 6.60. The van der Waals surface area contributed by atoms with Crippen LogP contribution in [0.2, 0.25) is 0 Å². The molecule has 0 radical (unpaired) electrons. The van der Waals surface area contributed by atoms with Gasteiger partial charge in [0.1, 0.15) is 13.2 Å². The van der Waals surface area contributed by atoms with Crippen LogP contribution in [0.25, 0.3) is 0 Å². The fourth-order valence-electron chi connectivity index (χ4n) is 6.60. The molecule has 0 spiro atoms. The maximum absolute atomic E-state index is 12.9. The Balaban J connectivity index is 4.82. The van der Waals surface area contributed by atoms with Crippen LogP contribution in [0.4, 0.5) is 0 Å². The van der Waals surface area contributed by atoms with E-state index in [1.807, 2.05) is 0 Å². The second kappa shape index (κ2) is 48.9. The number of rotatable bonds is 44. The minimum Gasteiger partial charge on any atom is -0.460 e. The number of carbonyl (C=O) groups is 3. The van der Waals surface area contributed by atoms with E-state index in [9.17, 15) is 29.7 Å². The van der Waals surface area contributed by atoms with Crippen molar-refractivity contribution < 1.29 is 43.9 Å². The van der Waals surface area contributed by atoms with Gasteiger partial charge in [-0.25, -0.2) is 14.4 Å². The van der Waals surface area contributed by atoms with Gasteiger partial charge in [-0.15, -0.1) is 0 Å². The second-order valence-corrected chi connectivity index (χ2v) is 16.7. The molecule has 0 bridgehead atoms. The Morgan fingerprint density at radius 2 is 0.606 bits per heavy atom. The summed E-state index contributed by atoms with van der Waals surface area (Å²) in [6, 6.07) is 0. The monoisotopic (exact) mass is 921 g/mol. The molecule has 0 aliphatic carbocycles. The maximum Gasteiger partial charge on any atom is 0.335 e. The Kier molecular flexibility index (Phi) is 45.9. The van der Waals surface area contributed by atoms with Crippen molar-refractivity contribution in [3.05, 3.63) is 109 Å². The summed E-state index contributed by atoms with van der Waals surface area (Å²) in [7, 11) is 0. The number of aliphatic hydroxyl groups is 3. The molecule has 3 unspecified atom stereocenters. The summed E-state index contributed by atoms with van der Waals surface area (Å²) in [5.41, 5.74) is 0. The highest BCUT2D eigenvalue weighted by atomic mass is 16.6. The maximum atomic E-state index is 12.9. The third kappa shape index (κ3) is 42.6. The molecule has 0 amide bonds. The molecular formula is C57H92O9. The minimum absolute atomic E-state index is 0.200. The Labute approximate surface area is 401 Å². The molecular weight excluding hydrogens is 829 g/mol. The number of hydrogen-bond donors (Lipinski definition) is 3. The van der Waals surface area contributed by atoms with Gasteiger partial charge in [-0.1, -0.05) is 188 Å². The molecule has 3 N–H and O–H groups in total. The zero-order valence-electron chi connectivity index (χ0n) is 41.5. The van der Waals surface area contributed by atoms with E-state index < -0.39 is 55.5 Å². The van der Waals surface area contributed by atoms with Gasteiger partial charge in [0, 0.05) is 0 Å². The van der Waals surface area contributed by atoms with Crippen molar-refractivity contribution >= 4 is 17.9 Å². The third-order valence-corrected chi connectivity index (χ3v) is 10.6. The molecule has 0 aliphatic heterocycles. The molecule has 9 heteroatoms. The van der Waals surface area contributed by atoms with Crippen LogP contribution >= 0.6 is 0 Å². The van der Waals surface area contributed by atoms with Crippen molar-refractivity contribution in [2.24, 2.45) is 0 Å². The predicted molar refractivity (Wildman–Crippen MR) is 274 cm³/mol. The fraction of sp³-hybridized carbons (Fsp3) is 0.632. The summed E-state index contributed by atoms with van der Waals surface area (Å²) in [5.74, 6) is -2.64. The lowest BCUT2D eigenvalue weighted by molar-refractivity contribution is -0.177. The Morgan fingerprint density at radius 1 is 0.348 bits per heavy atom. The van der Waals surface area contributed by atoms with Gasteiger partial charge in [0.05, 0.1) is 0 Å². The highest BCUT2D eigenvalue weighted by Crippen LogP contribution is 2.14. The summed E-state index contributed by atoms with van der Waals surface area (Å²) in [6.45, 7) is 5.42. The average molecular weight is 921 g/mol. The molecule has 374 valence electrons. The summed E-state index contributed by atoms with van der Waals surface area (Å²) < 4.78 is 16.1. The molecule has 0 aromatic rings. The van der Waals surface area contributed by atoms with E-state index in [1.54, 1.807) is 0 Å². The van der Waals surface area contributed by atoms with Gasteiger partial charge in [-0.2, -0.15) is 0 Å². The van der Waals surface area contributed by atoms with Gasteiger partial charge in [0.25, 0.3) is 0 Å². The quantitative estimate of drug-likeness (QED) is 0.0236. The van der Waals surface area contributed by atoms with Crippen LogP contribution in [0, 0.1) is 0 Å². The molecule has 9 nitrogen and oxygen atoms in total. The molecule has 0 aromatic carbocycles. The summed E-state index contributed by atoms with van der Waals surface area (Å²) in [6.07, 6.45) is 56.6. The molecule has 0 fully saturated rings. The van der Waals surface area contributed by atoms with Crippen LogP contribution < -0.4 is 0 Å². The zero-order valence-corrected chi connectivity index (χ0v) is 41.5. The average Bonchev–Trinajstić information content (AvgIpc) is 3.32. The van der Waals surface area contributed by atoms with E-state index in [0.29, 0.717) is 19.3 Å². The number of carbonyl (C=O) groups excluding carboxylic acids is 3. The van der Waals surface area contributed by atoms with Crippen LogP contribution in [0.5, 0.6) is 0 Å². The van der Waals surface area contributed by atoms with Gasteiger partial charge in [0.2, 0.25) is 0 Å². The van der Waals surface area contributed by atoms with Crippen LogP contribution in [0.1, 0.15) is 194 Å². The van der Waals surface area contributed by atoms with Crippen LogP contribution in [0.3, 0.4) is 0 Å². The van der Waals surface area contributed by atoms with Crippen molar-refractivity contribution in [2.75, 3.05) is 13.2 Å². The van der Waals surface area contributed by atoms with Crippen LogP contribution in [-0.2, 0) is 28.6 Å². The van der Waals surface area contributed by atoms with E-state index in [1.165, 1.54) is 0 Å². The Morgan fingerprint density at radius 3 is 0.909 bits per heavy atom. The molecule has 0 rings (SSSR count). The SMILES string of the molecule is CCC=CCC=CCC=CCCCCCCC(O)C(=O)OCC(COC(=O)C(O)CCCCCCC=CCC=CCC=CCC)OC(=O)C(O)CCCCCCC=CCC=CCC=CCC. The van der Waals surface area contributed by atoms with Crippen molar-refractivity contribution in [3.8, 4) is 0 Å². The van der Waals surface area contributed by atoms with Gasteiger partial charge >= 0.3 is 17.9 Å². The number of aliphatic hydroxyl groups excluding tert-OH is 3. The topological polar surface area (TPSA) is 140 Å². The molecule has 0 heterocycles. The lowest BCUT2D eigenvalue weighted by Gasteiger charge is -2.21. The first-order valence-electron chi connectivity index (χ1n) is 25.7. The first-order valence-corrected chi connectivity index (χ1v) is 25.7. The van der Waals surface area contributed by atoms with E-state index in [-0.39, 0.29) is 19.3 Å². The standard InChI is InChI=1S/C57H92O9/c1-4-7-10-13-16-19-22-25-28-31-34-37-40-43-46-52(58)55(61)64-49-51(66-57(63)54(60)48-45-42-39-36-33-30-27-24-21-18-15-12-9-6-3)50-65-56(62)53(59)47-44-41-38-35-32-29-26-23-20-17-14-11-8-5-2/h7-12,16-21,25-30,51-54,58-60H,4-6,13-15,22-24,31-50H2,1-3H3. The number of allylic oxidation sites excluding steroid dienone is 18. The van der Waals surface area contributed by atoms with E-state index in [4.69, 9.17) is 14.2 Å².